The summed E-state index contributed by atoms with van der Waals surface area (Å²) < 4.78 is 1.12. The van der Waals surface area contributed by atoms with E-state index in [-0.39, 0.29) is 0 Å². The molecule has 0 saturated carbocycles. The first-order chi connectivity index (χ1) is 8.59. The van der Waals surface area contributed by atoms with Gasteiger partial charge in [0.2, 0.25) is 0 Å². The number of phenolic OH excluding ortho intramolecular Hbond substituents is 1. The largest absolute Gasteiger partial charge is 0.507 e. The molecule has 1 aliphatic rings. The fourth-order valence-corrected chi connectivity index (χ4v) is 3.31. The number of halogens is 1. The molecule has 100 valence electrons. The van der Waals surface area contributed by atoms with Gasteiger partial charge in [0.05, 0.1) is 0 Å². The predicted octanol–water partition coefficient (Wildman–Crippen LogP) is 2.22. The first kappa shape index (κ1) is 13.8. The zero-order valence-corrected chi connectivity index (χ0v) is 12.7. The molecular formula is C14H21BrN2O. The molecule has 2 N–H and O–H groups in total. The van der Waals surface area contributed by atoms with Crippen molar-refractivity contribution in [2.24, 2.45) is 0 Å². The Balaban J connectivity index is 2.06. The summed E-state index contributed by atoms with van der Waals surface area (Å²) in [5, 5.41) is 13.4. The Morgan fingerprint density at radius 3 is 2.67 bits per heavy atom. The Kier molecular flexibility index (Phi) is 4.65. The average molecular weight is 313 g/mol. The molecule has 1 aromatic carbocycles. The van der Waals surface area contributed by atoms with E-state index < -0.39 is 0 Å². The normalized spacial score (nSPS) is 17.1. The minimum absolute atomic E-state index is 0.438. The molecule has 2 rings (SSSR count). The van der Waals surface area contributed by atoms with Crippen LogP contribution in [0.1, 0.15) is 16.7 Å². The molecule has 0 spiro atoms. The number of nitrogens with zero attached hydrogens (tertiary/aromatic N) is 1. The Bertz CT molecular complexity index is 428. The van der Waals surface area contributed by atoms with Crippen LogP contribution in [0, 0.1) is 13.8 Å². The van der Waals surface area contributed by atoms with E-state index in [9.17, 15) is 5.11 Å². The van der Waals surface area contributed by atoms with Crippen molar-refractivity contribution in [1.82, 2.24) is 10.2 Å². The van der Waals surface area contributed by atoms with E-state index in [0.717, 1.165) is 54.7 Å². The number of hydrogen-bond acceptors (Lipinski definition) is 3. The lowest BCUT2D eigenvalue weighted by Crippen LogP contribution is -2.44. The van der Waals surface area contributed by atoms with Gasteiger partial charge in [0.15, 0.2) is 0 Å². The molecule has 18 heavy (non-hydrogen) atoms. The Morgan fingerprint density at radius 1 is 1.33 bits per heavy atom. The zero-order chi connectivity index (χ0) is 13.1. The SMILES string of the molecule is Cc1cc(Br)c(CCN2CCNCC2)c(C)c1O. The lowest BCUT2D eigenvalue weighted by atomic mass is 10.0. The quantitative estimate of drug-likeness (QED) is 0.898. The lowest BCUT2D eigenvalue weighted by Gasteiger charge is -2.27. The van der Waals surface area contributed by atoms with Crippen LogP contribution in [0.2, 0.25) is 0 Å². The molecule has 1 saturated heterocycles. The second-order valence-corrected chi connectivity index (χ2v) is 5.82. The molecule has 0 aromatic heterocycles. The van der Waals surface area contributed by atoms with Gasteiger partial charge in [0, 0.05) is 37.2 Å². The highest BCUT2D eigenvalue weighted by atomic mass is 79.9. The number of piperazine rings is 1. The van der Waals surface area contributed by atoms with E-state index in [2.05, 4.69) is 26.1 Å². The summed E-state index contributed by atoms with van der Waals surface area (Å²) in [6.45, 7) is 9.40. The predicted molar refractivity (Wildman–Crippen MR) is 78.3 cm³/mol. The van der Waals surface area contributed by atoms with Crippen LogP contribution in [-0.4, -0.2) is 42.7 Å². The number of hydrogen-bond donors (Lipinski definition) is 2. The van der Waals surface area contributed by atoms with Gasteiger partial charge in [-0.15, -0.1) is 0 Å². The van der Waals surface area contributed by atoms with Gasteiger partial charge in [-0.1, -0.05) is 15.9 Å². The highest BCUT2D eigenvalue weighted by molar-refractivity contribution is 9.10. The number of rotatable bonds is 3. The van der Waals surface area contributed by atoms with Crippen molar-refractivity contribution in [3.05, 3.63) is 27.2 Å². The van der Waals surface area contributed by atoms with Crippen molar-refractivity contribution >= 4 is 15.9 Å². The van der Waals surface area contributed by atoms with Gasteiger partial charge in [-0.25, -0.2) is 0 Å². The van der Waals surface area contributed by atoms with Gasteiger partial charge < -0.3 is 15.3 Å². The second kappa shape index (κ2) is 6.04. The van der Waals surface area contributed by atoms with Crippen molar-refractivity contribution in [3.8, 4) is 5.75 Å². The van der Waals surface area contributed by atoms with Gasteiger partial charge in [-0.05, 0) is 43.0 Å². The van der Waals surface area contributed by atoms with E-state index in [1.54, 1.807) is 0 Å². The molecule has 0 atom stereocenters. The third-order valence-corrected chi connectivity index (χ3v) is 4.41. The topological polar surface area (TPSA) is 35.5 Å². The van der Waals surface area contributed by atoms with Gasteiger partial charge >= 0.3 is 0 Å². The number of phenols is 1. The van der Waals surface area contributed by atoms with Crippen molar-refractivity contribution in [1.29, 1.82) is 0 Å². The van der Waals surface area contributed by atoms with E-state index in [0.29, 0.717) is 5.75 Å². The molecule has 1 aromatic rings. The molecule has 1 fully saturated rings. The fourth-order valence-electron chi connectivity index (χ4n) is 2.47. The summed E-state index contributed by atoms with van der Waals surface area (Å²) in [4.78, 5) is 2.47. The summed E-state index contributed by atoms with van der Waals surface area (Å²) >= 11 is 3.62. The molecular weight excluding hydrogens is 292 g/mol. The maximum absolute atomic E-state index is 10.0. The molecule has 0 radical (unpaired) electrons. The molecule has 0 aliphatic carbocycles. The second-order valence-electron chi connectivity index (χ2n) is 4.97. The van der Waals surface area contributed by atoms with Crippen LogP contribution in [0.25, 0.3) is 0 Å². The zero-order valence-electron chi connectivity index (χ0n) is 11.1. The van der Waals surface area contributed by atoms with Crippen LogP contribution in [0.5, 0.6) is 5.75 Å². The van der Waals surface area contributed by atoms with E-state index in [1.165, 1.54) is 5.56 Å². The van der Waals surface area contributed by atoms with Crippen LogP contribution in [0.15, 0.2) is 10.5 Å². The van der Waals surface area contributed by atoms with Crippen LogP contribution < -0.4 is 5.32 Å². The van der Waals surface area contributed by atoms with Crippen LogP contribution in [-0.2, 0) is 6.42 Å². The monoisotopic (exact) mass is 312 g/mol. The average Bonchev–Trinajstić information content (AvgIpc) is 2.37. The summed E-state index contributed by atoms with van der Waals surface area (Å²) in [5.41, 5.74) is 3.18. The van der Waals surface area contributed by atoms with Gasteiger partial charge in [-0.3, -0.25) is 0 Å². The molecule has 1 aliphatic heterocycles. The third-order valence-electron chi connectivity index (χ3n) is 3.70. The van der Waals surface area contributed by atoms with Gasteiger partial charge in [0.1, 0.15) is 5.75 Å². The van der Waals surface area contributed by atoms with Crippen LogP contribution in [0.4, 0.5) is 0 Å². The van der Waals surface area contributed by atoms with Crippen molar-refractivity contribution < 1.29 is 5.11 Å². The van der Waals surface area contributed by atoms with Crippen LogP contribution >= 0.6 is 15.9 Å². The minimum Gasteiger partial charge on any atom is -0.507 e. The first-order valence-electron chi connectivity index (χ1n) is 6.50. The number of nitrogens with one attached hydrogen (secondary N) is 1. The lowest BCUT2D eigenvalue weighted by molar-refractivity contribution is 0.243. The number of benzene rings is 1. The van der Waals surface area contributed by atoms with Gasteiger partial charge in [0.25, 0.3) is 0 Å². The van der Waals surface area contributed by atoms with Gasteiger partial charge in [-0.2, -0.15) is 0 Å². The van der Waals surface area contributed by atoms with Crippen molar-refractivity contribution in [2.75, 3.05) is 32.7 Å². The summed E-state index contributed by atoms with van der Waals surface area (Å²) in [5.74, 6) is 0.438. The highest BCUT2D eigenvalue weighted by Gasteiger charge is 2.14. The smallest absolute Gasteiger partial charge is 0.121 e. The number of aromatic hydroxyl groups is 1. The molecule has 3 nitrogen and oxygen atoms in total. The highest BCUT2D eigenvalue weighted by Crippen LogP contribution is 2.31. The maximum Gasteiger partial charge on any atom is 0.121 e. The first-order valence-corrected chi connectivity index (χ1v) is 7.29. The van der Waals surface area contributed by atoms with E-state index in [4.69, 9.17) is 0 Å². The van der Waals surface area contributed by atoms with E-state index >= 15 is 0 Å². The molecule has 0 amide bonds. The third kappa shape index (κ3) is 3.05. The maximum atomic E-state index is 10.0. The fraction of sp³-hybridized carbons (Fsp3) is 0.571. The van der Waals surface area contributed by atoms with Crippen molar-refractivity contribution in [3.63, 3.8) is 0 Å². The minimum atomic E-state index is 0.438. The summed E-state index contributed by atoms with van der Waals surface area (Å²) in [6.07, 6.45) is 0.986. The standard InChI is InChI=1S/C14H21BrN2O/c1-10-9-13(15)12(11(2)14(10)18)3-6-17-7-4-16-5-8-17/h9,16,18H,3-8H2,1-2H3. The molecule has 1 heterocycles. The van der Waals surface area contributed by atoms with E-state index in [1.807, 2.05) is 19.9 Å². The Hall–Kier alpha value is -0.580. The Morgan fingerprint density at radius 2 is 2.00 bits per heavy atom. The van der Waals surface area contributed by atoms with Crippen molar-refractivity contribution in [2.45, 2.75) is 20.3 Å². The molecule has 0 unspecified atom stereocenters. The summed E-state index contributed by atoms with van der Waals surface area (Å²) in [6, 6.07) is 2.01. The Labute approximate surface area is 117 Å². The molecule has 4 heteroatoms. The molecule has 0 bridgehead atoms. The summed E-state index contributed by atoms with van der Waals surface area (Å²) in [7, 11) is 0. The van der Waals surface area contributed by atoms with Crippen LogP contribution in [0.3, 0.4) is 0 Å². The number of aryl methyl sites for hydroxylation is 1.